The maximum absolute atomic E-state index is 12.7. The Kier molecular flexibility index (Phi) is 4.38. The van der Waals surface area contributed by atoms with E-state index in [1.165, 1.54) is 0 Å². The molecule has 0 aliphatic carbocycles. The molecule has 0 N–H and O–H groups in total. The molecule has 0 aliphatic heterocycles. The molecule has 1 aromatic carbocycles. The van der Waals surface area contributed by atoms with Gasteiger partial charge in [-0.25, -0.2) is 0 Å². The van der Waals surface area contributed by atoms with Crippen molar-refractivity contribution in [1.29, 1.82) is 0 Å². The molecule has 0 aliphatic rings. The predicted molar refractivity (Wildman–Crippen MR) is 89.9 cm³/mol. The van der Waals surface area contributed by atoms with Crippen LogP contribution in [0.4, 0.5) is 0 Å². The minimum atomic E-state index is -0.154. The van der Waals surface area contributed by atoms with Crippen molar-refractivity contribution in [2.45, 2.75) is 25.3 Å². The van der Waals surface area contributed by atoms with Gasteiger partial charge >= 0.3 is 139 Å². The molecule has 0 saturated heterocycles. The molecule has 3 rings (SSSR count). The molecule has 114 valence electrons. The Morgan fingerprint density at radius 3 is 2.73 bits per heavy atom. The number of fused-ring (bicyclic) bond motifs is 1. The third-order valence-corrected chi connectivity index (χ3v) is 5.72. The van der Waals surface area contributed by atoms with Crippen molar-refractivity contribution >= 4 is 37.0 Å². The summed E-state index contributed by atoms with van der Waals surface area (Å²) in [7, 11) is 0. The van der Waals surface area contributed by atoms with Gasteiger partial charge in [0.2, 0.25) is 0 Å². The fourth-order valence-corrected chi connectivity index (χ4v) is 4.49. The van der Waals surface area contributed by atoms with E-state index in [-0.39, 0.29) is 20.3 Å². The first-order chi connectivity index (χ1) is 10.7. The molecular weight excluding hydrogens is 365 g/mol. The molecule has 0 spiro atoms. The van der Waals surface area contributed by atoms with Crippen molar-refractivity contribution in [3.63, 3.8) is 0 Å². The number of nitrogens with zero attached hydrogens (tertiary/aromatic N) is 3. The van der Waals surface area contributed by atoms with Gasteiger partial charge in [0, 0.05) is 0 Å². The molecule has 2 heterocycles. The van der Waals surface area contributed by atoms with Crippen LogP contribution in [-0.4, -0.2) is 34.9 Å². The summed E-state index contributed by atoms with van der Waals surface area (Å²) in [6.45, 7) is 4.33. The minimum absolute atomic E-state index is 0.0370. The van der Waals surface area contributed by atoms with E-state index in [9.17, 15) is 4.79 Å². The number of hydrogen-bond acceptors (Lipinski definition) is 5. The zero-order valence-corrected chi connectivity index (χ0v) is 14.8. The molecule has 5 nitrogen and oxygen atoms in total. The monoisotopic (exact) mass is 381 g/mol. The average molecular weight is 380 g/mol. The third-order valence-electron chi connectivity index (χ3n) is 3.16. The Labute approximate surface area is 139 Å². The molecule has 0 unspecified atom stereocenters. The molecule has 7 heteroatoms. The first-order valence-corrected chi connectivity index (χ1v) is 9.06. The van der Waals surface area contributed by atoms with Crippen molar-refractivity contribution < 1.29 is 4.74 Å². The van der Waals surface area contributed by atoms with Crippen LogP contribution >= 0.6 is 12.6 Å². The van der Waals surface area contributed by atoms with E-state index in [0.29, 0.717) is 35.4 Å². The van der Waals surface area contributed by atoms with Crippen LogP contribution in [0, 0.1) is 0 Å². The number of aryl methyl sites for hydroxylation is 1. The normalized spacial score (nSPS) is 11.0. The van der Waals surface area contributed by atoms with Crippen LogP contribution in [0.15, 0.2) is 34.1 Å². The second-order valence-corrected chi connectivity index (χ2v) is 7.09. The van der Waals surface area contributed by atoms with E-state index >= 15 is 0 Å². The van der Waals surface area contributed by atoms with Gasteiger partial charge in [-0.2, -0.15) is 0 Å². The van der Waals surface area contributed by atoms with E-state index in [0.717, 1.165) is 9.65 Å². The summed E-state index contributed by atoms with van der Waals surface area (Å²) >= 11 is 4.25. The summed E-state index contributed by atoms with van der Waals surface area (Å²) in [5, 5.41) is 1.21. The van der Waals surface area contributed by atoms with Crippen LogP contribution in [0.1, 0.15) is 19.7 Å². The molecule has 0 fully saturated rings. The zero-order valence-electron chi connectivity index (χ0n) is 12.2. The van der Waals surface area contributed by atoms with E-state index in [1.54, 1.807) is 3.56 Å². The number of benzene rings is 1. The molecular formula is C15H15N3O2SSe. The van der Waals surface area contributed by atoms with Gasteiger partial charge in [0.25, 0.3) is 0 Å². The van der Waals surface area contributed by atoms with E-state index in [1.807, 2.05) is 38.1 Å². The molecule has 0 atom stereocenters. The van der Waals surface area contributed by atoms with Crippen molar-refractivity contribution in [3.8, 4) is 11.6 Å². The number of ether oxygens (including phenoxy) is 1. The topological polar surface area (TPSA) is 57.0 Å². The molecule has 0 radical (unpaired) electrons. The van der Waals surface area contributed by atoms with Crippen molar-refractivity contribution in [2.24, 2.45) is 0 Å². The van der Waals surface area contributed by atoms with Gasteiger partial charge in [-0.05, 0) is 0 Å². The Bertz CT molecular complexity index is 888. The Morgan fingerprint density at radius 1 is 1.27 bits per heavy atom. The summed E-state index contributed by atoms with van der Waals surface area (Å²) in [6.07, 6.45) is 0.676. The molecule has 3 aromatic rings. The molecule has 0 amide bonds. The zero-order chi connectivity index (χ0) is 15.7. The third kappa shape index (κ3) is 2.60. The Hall–Kier alpha value is -1.56. The summed E-state index contributed by atoms with van der Waals surface area (Å²) in [5.41, 5.74) is -0.0370. The quantitative estimate of drug-likeness (QED) is 0.428. The molecule has 2 aromatic heterocycles. The van der Waals surface area contributed by atoms with Gasteiger partial charge in [-0.15, -0.1) is 0 Å². The van der Waals surface area contributed by atoms with Gasteiger partial charge in [0.15, 0.2) is 0 Å². The first-order valence-electron chi connectivity index (χ1n) is 6.99. The van der Waals surface area contributed by atoms with Crippen LogP contribution in [0.2, 0.25) is 0 Å². The molecule has 22 heavy (non-hydrogen) atoms. The SMILES string of the molecule is CCOc1c(S)nc(CC)nc1-n1[se]c2ccccc2c1=O. The average Bonchev–Trinajstić information content (AvgIpc) is 2.86. The standard InChI is InChI=1S/C15H15N3O2SSe/c1-3-11-16-13(12(20-4-2)14(21)17-11)18-15(19)9-7-5-6-8-10(9)22-18/h5-8H,3-4H2,1-2H3,(H,16,17,21). The van der Waals surface area contributed by atoms with Gasteiger partial charge in [0.1, 0.15) is 0 Å². The van der Waals surface area contributed by atoms with Gasteiger partial charge in [-0.1, -0.05) is 0 Å². The second kappa shape index (κ2) is 6.28. The predicted octanol–water partition coefficient (Wildman–Crippen LogP) is 2.09. The fraction of sp³-hybridized carbons (Fsp3) is 0.267. The number of hydrogen-bond donors (Lipinski definition) is 1. The van der Waals surface area contributed by atoms with Gasteiger partial charge < -0.3 is 0 Å². The van der Waals surface area contributed by atoms with Gasteiger partial charge in [0.05, 0.1) is 0 Å². The van der Waals surface area contributed by atoms with Crippen molar-refractivity contribution in [3.05, 3.63) is 40.4 Å². The summed E-state index contributed by atoms with van der Waals surface area (Å²) in [6, 6.07) is 7.66. The summed E-state index contributed by atoms with van der Waals surface area (Å²) in [4.78, 5) is 21.5. The number of aromatic nitrogens is 3. The Morgan fingerprint density at radius 2 is 2.05 bits per heavy atom. The number of thiol groups is 1. The summed E-state index contributed by atoms with van der Waals surface area (Å²) in [5.74, 6) is 1.66. The van der Waals surface area contributed by atoms with Crippen LogP contribution in [0.25, 0.3) is 15.5 Å². The van der Waals surface area contributed by atoms with E-state index in [2.05, 4.69) is 22.6 Å². The van der Waals surface area contributed by atoms with E-state index in [4.69, 9.17) is 4.74 Å². The number of rotatable bonds is 4. The van der Waals surface area contributed by atoms with Crippen molar-refractivity contribution in [1.82, 2.24) is 13.5 Å². The van der Waals surface area contributed by atoms with Crippen LogP contribution < -0.4 is 10.3 Å². The van der Waals surface area contributed by atoms with Crippen LogP contribution in [0.5, 0.6) is 5.75 Å². The van der Waals surface area contributed by atoms with Gasteiger partial charge in [-0.3, -0.25) is 0 Å². The second-order valence-electron chi connectivity index (χ2n) is 4.59. The summed E-state index contributed by atoms with van der Waals surface area (Å²) < 4.78 is 8.39. The van der Waals surface area contributed by atoms with Crippen molar-refractivity contribution in [2.75, 3.05) is 6.61 Å². The van der Waals surface area contributed by atoms with E-state index < -0.39 is 0 Å². The molecule has 0 bridgehead atoms. The fourth-order valence-electron chi connectivity index (χ4n) is 2.15. The van der Waals surface area contributed by atoms with Crippen LogP contribution in [-0.2, 0) is 6.42 Å². The molecule has 0 saturated carbocycles. The Balaban J connectivity index is 2.31. The maximum atomic E-state index is 12.7. The van der Waals surface area contributed by atoms with Crippen LogP contribution in [0.3, 0.4) is 0 Å². The first kappa shape index (κ1) is 15.3.